The van der Waals surface area contributed by atoms with Crippen LogP contribution in [0.1, 0.15) is 38.8 Å². The standard InChI is InChI=1S/2C7H7.2C2H6.2Y/c2*1-7-5-3-2-4-6-7;2*1-2;;/h2*3-6H,1H3;2*1-2H3;;/q2*-1;;;;. The topological polar surface area (TPSA) is 0 Å². The molecule has 0 N–H and O–H groups in total. The van der Waals surface area contributed by atoms with Gasteiger partial charge in [0.05, 0.1) is 0 Å². The van der Waals surface area contributed by atoms with E-state index >= 15 is 0 Å². The summed E-state index contributed by atoms with van der Waals surface area (Å²) in [5.74, 6) is 0. The Morgan fingerprint density at radius 3 is 0.850 bits per heavy atom. The normalized spacial score (nSPS) is 6.70. The molecule has 2 aromatic rings. The summed E-state index contributed by atoms with van der Waals surface area (Å²) in [6.45, 7) is 12.1. The van der Waals surface area contributed by atoms with Crippen molar-refractivity contribution in [3.63, 3.8) is 0 Å². The van der Waals surface area contributed by atoms with E-state index in [9.17, 15) is 0 Å². The predicted octanol–water partition coefficient (Wildman–Crippen LogP) is 5.64. The van der Waals surface area contributed by atoms with Crippen LogP contribution >= 0.6 is 0 Å². The molecule has 0 aliphatic carbocycles. The van der Waals surface area contributed by atoms with Crippen LogP contribution in [0.3, 0.4) is 0 Å². The zero-order valence-electron chi connectivity index (χ0n) is 13.8. The fourth-order valence-corrected chi connectivity index (χ4v) is 0.940. The second-order valence-corrected chi connectivity index (χ2v) is 3.15. The van der Waals surface area contributed by atoms with Gasteiger partial charge in [0.15, 0.2) is 0 Å². The Balaban J connectivity index is -0.0000000950. The number of hydrogen-bond acceptors (Lipinski definition) is 0. The molecule has 106 valence electrons. The number of hydrogen-bond donors (Lipinski definition) is 0. The Bertz CT molecular complexity index is 307. The average molecular weight is 420 g/mol. The third-order valence-electron chi connectivity index (χ3n) is 1.77. The summed E-state index contributed by atoms with van der Waals surface area (Å²) in [6, 6.07) is 21.6. The van der Waals surface area contributed by atoms with E-state index in [4.69, 9.17) is 0 Å². The van der Waals surface area contributed by atoms with E-state index in [1.54, 1.807) is 0 Å². The Kier molecular flexibility index (Phi) is 35.4. The zero-order valence-corrected chi connectivity index (χ0v) is 19.5. The van der Waals surface area contributed by atoms with Crippen molar-refractivity contribution in [1.82, 2.24) is 0 Å². The molecule has 0 fully saturated rings. The molecule has 0 amide bonds. The second kappa shape index (κ2) is 24.7. The molecule has 0 aliphatic heterocycles. The maximum atomic E-state index is 2.93. The monoisotopic (exact) mass is 420 g/mol. The summed E-state index contributed by atoms with van der Waals surface area (Å²) in [5.41, 5.74) is 2.58. The van der Waals surface area contributed by atoms with Crippen molar-refractivity contribution < 1.29 is 65.4 Å². The zero-order chi connectivity index (χ0) is 14.2. The van der Waals surface area contributed by atoms with Crippen LogP contribution in [0.2, 0.25) is 0 Å². The molecule has 0 aromatic heterocycles. The summed E-state index contributed by atoms with van der Waals surface area (Å²) in [6.07, 6.45) is 0. The van der Waals surface area contributed by atoms with Gasteiger partial charge in [-0.05, 0) is 0 Å². The van der Waals surface area contributed by atoms with E-state index in [2.05, 4.69) is 26.0 Å². The molecule has 0 bridgehead atoms. The average Bonchev–Trinajstić information content (AvgIpc) is 2.46. The van der Waals surface area contributed by atoms with E-state index in [0.29, 0.717) is 0 Å². The quantitative estimate of drug-likeness (QED) is 0.484. The third-order valence-corrected chi connectivity index (χ3v) is 1.77. The number of benzene rings is 2. The van der Waals surface area contributed by atoms with E-state index < -0.39 is 0 Å². The Hall–Kier alpha value is 0.648. The van der Waals surface area contributed by atoms with Gasteiger partial charge in [-0.3, -0.25) is 0 Å². The van der Waals surface area contributed by atoms with Crippen LogP contribution < -0.4 is 0 Å². The first-order valence-corrected chi connectivity index (χ1v) is 6.64. The Morgan fingerprint density at radius 1 is 0.550 bits per heavy atom. The van der Waals surface area contributed by atoms with E-state index in [0.717, 1.165) is 0 Å². The van der Waals surface area contributed by atoms with Gasteiger partial charge in [0.2, 0.25) is 0 Å². The van der Waals surface area contributed by atoms with Gasteiger partial charge in [0.25, 0.3) is 0 Å². The Labute approximate surface area is 176 Å². The first-order valence-electron chi connectivity index (χ1n) is 6.64. The third kappa shape index (κ3) is 21.0. The van der Waals surface area contributed by atoms with E-state index in [1.807, 2.05) is 76.2 Å². The fourth-order valence-electron chi connectivity index (χ4n) is 0.940. The molecule has 0 aliphatic rings. The molecule has 2 radical (unpaired) electrons. The minimum Gasteiger partial charge on any atom is -0.184 e. The van der Waals surface area contributed by atoms with Crippen molar-refractivity contribution in [2.45, 2.75) is 41.5 Å². The number of aryl methyl sites for hydroxylation is 2. The smallest absolute Gasteiger partial charge is 0 e. The van der Waals surface area contributed by atoms with Gasteiger partial charge in [-0.15, -0.1) is 0 Å². The molecule has 0 saturated carbocycles. The summed E-state index contributed by atoms with van der Waals surface area (Å²) >= 11 is 0. The SMILES string of the molecule is CC.CC.Cc1cc[c-]cc1.Cc1cc[c-]cc1.[Y].[Y]. The first-order chi connectivity index (χ1) is 8.79. The van der Waals surface area contributed by atoms with E-state index in [1.165, 1.54) is 11.1 Å². The van der Waals surface area contributed by atoms with Gasteiger partial charge in [-0.25, -0.2) is 0 Å². The van der Waals surface area contributed by atoms with Gasteiger partial charge in [0.1, 0.15) is 0 Å². The fraction of sp³-hybridized carbons (Fsp3) is 0.333. The maximum Gasteiger partial charge on any atom is 0 e. The van der Waals surface area contributed by atoms with Crippen LogP contribution in [0.25, 0.3) is 0 Å². The molecule has 0 heterocycles. The van der Waals surface area contributed by atoms with Gasteiger partial charge >= 0.3 is 0 Å². The molecule has 0 saturated heterocycles. The van der Waals surface area contributed by atoms with Gasteiger partial charge < -0.3 is 0 Å². The van der Waals surface area contributed by atoms with Crippen LogP contribution in [0, 0.1) is 26.0 Å². The van der Waals surface area contributed by atoms with E-state index in [-0.39, 0.29) is 65.4 Å². The minimum atomic E-state index is 0. The van der Waals surface area contributed by atoms with Crippen molar-refractivity contribution >= 4 is 0 Å². The molecular weight excluding hydrogens is 394 g/mol. The van der Waals surface area contributed by atoms with Crippen LogP contribution in [0.5, 0.6) is 0 Å². The van der Waals surface area contributed by atoms with Gasteiger partial charge in [0, 0.05) is 65.4 Å². The van der Waals surface area contributed by atoms with Gasteiger partial charge in [-0.1, -0.05) is 41.5 Å². The van der Waals surface area contributed by atoms with Gasteiger partial charge in [-0.2, -0.15) is 71.8 Å². The minimum absolute atomic E-state index is 0. The van der Waals surface area contributed by atoms with Crippen LogP contribution in [-0.4, -0.2) is 0 Å². The molecule has 20 heavy (non-hydrogen) atoms. The molecule has 0 atom stereocenters. The summed E-state index contributed by atoms with van der Waals surface area (Å²) in [4.78, 5) is 0. The van der Waals surface area contributed by atoms with Crippen molar-refractivity contribution in [2.75, 3.05) is 0 Å². The summed E-state index contributed by atoms with van der Waals surface area (Å²) < 4.78 is 0. The largest absolute Gasteiger partial charge is 0.184 e. The summed E-state index contributed by atoms with van der Waals surface area (Å²) in [5, 5.41) is 0. The molecule has 0 spiro atoms. The van der Waals surface area contributed by atoms with Crippen LogP contribution in [0.15, 0.2) is 48.5 Å². The molecule has 2 rings (SSSR count). The molecule has 2 heteroatoms. The first kappa shape index (κ1) is 28.8. The number of rotatable bonds is 0. The molecule has 2 aromatic carbocycles. The molecular formula is C18H26Y2-2. The van der Waals surface area contributed by atoms with Crippen molar-refractivity contribution in [3.05, 3.63) is 71.8 Å². The summed E-state index contributed by atoms with van der Waals surface area (Å²) in [7, 11) is 0. The van der Waals surface area contributed by atoms with Crippen molar-refractivity contribution in [1.29, 1.82) is 0 Å². The van der Waals surface area contributed by atoms with Crippen LogP contribution in [0.4, 0.5) is 0 Å². The van der Waals surface area contributed by atoms with Crippen molar-refractivity contribution in [2.24, 2.45) is 0 Å². The molecule has 0 unspecified atom stereocenters. The predicted molar refractivity (Wildman–Crippen MR) is 82.7 cm³/mol. The van der Waals surface area contributed by atoms with Crippen LogP contribution in [-0.2, 0) is 65.4 Å². The second-order valence-electron chi connectivity index (χ2n) is 3.15. The maximum absolute atomic E-state index is 2.93. The van der Waals surface area contributed by atoms with Crippen molar-refractivity contribution in [3.8, 4) is 0 Å². The Morgan fingerprint density at radius 2 is 0.750 bits per heavy atom. The molecule has 0 nitrogen and oxygen atoms in total.